The molecule has 0 spiro atoms. The first kappa shape index (κ1) is 14.3. The van der Waals surface area contributed by atoms with Gasteiger partial charge in [0.05, 0.1) is 6.61 Å². The molecule has 1 saturated carbocycles. The molecular formula is C15H30N2O. The third-order valence-electron chi connectivity index (χ3n) is 4.50. The highest BCUT2D eigenvalue weighted by atomic mass is 16.3. The molecule has 1 aliphatic heterocycles. The summed E-state index contributed by atoms with van der Waals surface area (Å²) in [4.78, 5) is 2.67. The van der Waals surface area contributed by atoms with E-state index in [0.717, 1.165) is 19.0 Å². The maximum atomic E-state index is 9.43. The molecule has 106 valence electrons. The molecule has 0 radical (unpaired) electrons. The van der Waals surface area contributed by atoms with Gasteiger partial charge in [-0.1, -0.05) is 19.8 Å². The monoisotopic (exact) mass is 254 g/mol. The number of hydrogen-bond acceptors (Lipinski definition) is 3. The highest BCUT2D eigenvalue weighted by molar-refractivity contribution is 4.85. The second-order valence-electron chi connectivity index (χ2n) is 6.06. The molecule has 0 aromatic carbocycles. The van der Waals surface area contributed by atoms with Gasteiger partial charge >= 0.3 is 0 Å². The molecule has 2 unspecified atom stereocenters. The van der Waals surface area contributed by atoms with Gasteiger partial charge in [0, 0.05) is 18.1 Å². The zero-order valence-electron chi connectivity index (χ0n) is 11.9. The van der Waals surface area contributed by atoms with E-state index in [1.165, 1.54) is 51.5 Å². The maximum absolute atomic E-state index is 9.43. The Balaban J connectivity index is 1.74. The van der Waals surface area contributed by atoms with Crippen LogP contribution in [0.25, 0.3) is 0 Å². The van der Waals surface area contributed by atoms with Gasteiger partial charge in [0.1, 0.15) is 0 Å². The van der Waals surface area contributed by atoms with Crippen molar-refractivity contribution in [1.82, 2.24) is 10.2 Å². The summed E-state index contributed by atoms with van der Waals surface area (Å²) in [6.07, 6.45) is 10.5. The van der Waals surface area contributed by atoms with Gasteiger partial charge in [-0.2, -0.15) is 0 Å². The fraction of sp³-hybridized carbons (Fsp3) is 1.00. The summed E-state index contributed by atoms with van der Waals surface area (Å²) in [5.41, 5.74) is 0. The molecule has 0 amide bonds. The number of aliphatic hydroxyl groups excluding tert-OH is 1. The lowest BCUT2D eigenvalue weighted by molar-refractivity contribution is 0.166. The predicted molar refractivity (Wildman–Crippen MR) is 75.8 cm³/mol. The van der Waals surface area contributed by atoms with E-state index in [1.54, 1.807) is 0 Å². The topological polar surface area (TPSA) is 35.5 Å². The summed E-state index contributed by atoms with van der Waals surface area (Å²) in [5.74, 6) is 0. The minimum atomic E-state index is 0.293. The molecule has 2 aliphatic rings. The lowest BCUT2D eigenvalue weighted by Crippen LogP contribution is -2.41. The van der Waals surface area contributed by atoms with Crippen molar-refractivity contribution in [3.8, 4) is 0 Å². The Labute approximate surface area is 112 Å². The summed E-state index contributed by atoms with van der Waals surface area (Å²) in [6.45, 7) is 5.03. The molecule has 1 heterocycles. The van der Waals surface area contributed by atoms with Gasteiger partial charge < -0.3 is 15.3 Å². The van der Waals surface area contributed by atoms with E-state index >= 15 is 0 Å². The van der Waals surface area contributed by atoms with Crippen LogP contribution in [-0.4, -0.2) is 47.8 Å². The van der Waals surface area contributed by atoms with E-state index in [2.05, 4.69) is 17.1 Å². The molecule has 0 aromatic rings. The summed E-state index contributed by atoms with van der Waals surface area (Å²) in [5, 5.41) is 13.0. The maximum Gasteiger partial charge on any atom is 0.0585 e. The van der Waals surface area contributed by atoms with Crippen LogP contribution in [0.4, 0.5) is 0 Å². The molecule has 2 rings (SSSR count). The zero-order chi connectivity index (χ0) is 12.8. The summed E-state index contributed by atoms with van der Waals surface area (Å²) in [6, 6.07) is 1.80. The number of rotatable bonds is 7. The van der Waals surface area contributed by atoms with Crippen LogP contribution in [0.2, 0.25) is 0 Å². The Morgan fingerprint density at radius 2 is 2.06 bits per heavy atom. The molecule has 18 heavy (non-hydrogen) atoms. The van der Waals surface area contributed by atoms with Crippen LogP contribution < -0.4 is 5.32 Å². The van der Waals surface area contributed by atoms with E-state index in [4.69, 9.17) is 0 Å². The Bertz CT molecular complexity index is 231. The van der Waals surface area contributed by atoms with Crippen LogP contribution in [0, 0.1) is 0 Å². The highest BCUT2D eigenvalue weighted by Gasteiger charge is 2.25. The Morgan fingerprint density at radius 1 is 1.22 bits per heavy atom. The van der Waals surface area contributed by atoms with Gasteiger partial charge in [0.15, 0.2) is 0 Å². The van der Waals surface area contributed by atoms with Gasteiger partial charge in [-0.05, 0) is 51.6 Å². The lowest BCUT2D eigenvalue weighted by atomic mass is 10.1. The molecule has 0 bridgehead atoms. The molecule has 2 fully saturated rings. The molecule has 1 saturated heterocycles. The summed E-state index contributed by atoms with van der Waals surface area (Å²) < 4.78 is 0. The van der Waals surface area contributed by atoms with Crippen LogP contribution in [0.3, 0.4) is 0 Å². The quantitative estimate of drug-likeness (QED) is 0.731. The van der Waals surface area contributed by atoms with Crippen LogP contribution in [0.15, 0.2) is 0 Å². The van der Waals surface area contributed by atoms with Crippen molar-refractivity contribution in [2.45, 2.75) is 76.4 Å². The molecular weight excluding hydrogens is 224 g/mol. The first-order valence-corrected chi connectivity index (χ1v) is 7.94. The second-order valence-corrected chi connectivity index (χ2v) is 6.06. The van der Waals surface area contributed by atoms with Crippen molar-refractivity contribution >= 4 is 0 Å². The van der Waals surface area contributed by atoms with Crippen molar-refractivity contribution < 1.29 is 5.11 Å². The number of likely N-dealkylation sites (tertiary alicyclic amines) is 1. The SMILES string of the molecule is CCC1CCCCCN1CCC(CO)NC1CC1. The Kier molecular flexibility index (Phi) is 5.93. The number of nitrogens with zero attached hydrogens (tertiary/aromatic N) is 1. The smallest absolute Gasteiger partial charge is 0.0585 e. The van der Waals surface area contributed by atoms with Crippen LogP contribution in [0.1, 0.15) is 58.3 Å². The normalized spacial score (nSPS) is 28.0. The van der Waals surface area contributed by atoms with E-state index in [9.17, 15) is 5.11 Å². The van der Waals surface area contributed by atoms with Gasteiger partial charge in [-0.25, -0.2) is 0 Å². The fourth-order valence-corrected chi connectivity index (χ4v) is 3.13. The fourth-order valence-electron chi connectivity index (χ4n) is 3.13. The third-order valence-corrected chi connectivity index (χ3v) is 4.50. The van der Waals surface area contributed by atoms with Crippen molar-refractivity contribution in [3.63, 3.8) is 0 Å². The molecule has 2 N–H and O–H groups in total. The molecule has 3 heteroatoms. The Hall–Kier alpha value is -0.120. The lowest BCUT2D eigenvalue weighted by Gasteiger charge is -2.30. The number of aliphatic hydroxyl groups is 1. The minimum Gasteiger partial charge on any atom is -0.395 e. The van der Waals surface area contributed by atoms with Crippen molar-refractivity contribution in [1.29, 1.82) is 0 Å². The van der Waals surface area contributed by atoms with Gasteiger partial charge in [-0.15, -0.1) is 0 Å². The van der Waals surface area contributed by atoms with E-state index in [0.29, 0.717) is 18.7 Å². The van der Waals surface area contributed by atoms with Crippen molar-refractivity contribution in [2.75, 3.05) is 19.7 Å². The number of hydrogen-bond donors (Lipinski definition) is 2. The standard InChI is InChI=1S/C15H30N2O/c1-2-15-6-4-3-5-10-17(15)11-9-14(12-18)16-13-7-8-13/h13-16,18H,2-12H2,1H3. The second kappa shape index (κ2) is 7.46. The van der Waals surface area contributed by atoms with Crippen LogP contribution >= 0.6 is 0 Å². The average Bonchev–Trinajstić information content (AvgIpc) is 3.21. The molecule has 0 aromatic heterocycles. The molecule has 2 atom stereocenters. The van der Waals surface area contributed by atoms with E-state index in [-0.39, 0.29) is 0 Å². The Morgan fingerprint density at radius 3 is 2.72 bits per heavy atom. The van der Waals surface area contributed by atoms with E-state index in [1.807, 2.05) is 0 Å². The van der Waals surface area contributed by atoms with E-state index < -0.39 is 0 Å². The first-order valence-electron chi connectivity index (χ1n) is 7.94. The minimum absolute atomic E-state index is 0.293. The summed E-state index contributed by atoms with van der Waals surface area (Å²) in [7, 11) is 0. The molecule has 3 nitrogen and oxygen atoms in total. The largest absolute Gasteiger partial charge is 0.395 e. The zero-order valence-corrected chi connectivity index (χ0v) is 11.9. The van der Waals surface area contributed by atoms with Gasteiger partial charge in [0.2, 0.25) is 0 Å². The van der Waals surface area contributed by atoms with Gasteiger partial charge in [0.25, 0.3) is 0 Å². The van der Waals surface area contributed by atoms with Gasteiger partial charge in [-0.3, -0.25) is 0 Å². The van der Waals surface area contributed by atoms with Crippen molar-refractivity contribution in [3.05, 3.63) is 0 Å². The third kappa shape index (κ3) is 4.52. The number of nitrogens with one attached hydrogen (secondary N) is 1. The van der Waals surface area contributed by atoms with Crippen molar-refractivity contribution in [2.24, 2.45) is 0 Å². The first-order chi connectivity index (χ1) is 8.83. The predicted octanol–water partition coefficient (Wildman–Crippen LogP) is 2.14. The molecule has 1 aliphatic carbocycles. The van der Waals surface area contributed by atoms with Crippen LogP contribution in [-0.2, 0) is 0 Å². The van der Waals surface area contributed by atoms with Crippen LogP contribution in [0.5, 0.6) is 0 Å². The average molecular weight is 254 g/mol. The summed E-state index contributed by atoms with van der Waals surface area (Å²) >= 11 is 0. The highest BCUT2D eigenvalue weighted by Crippen LogP contribution is 2.21.